The molecule has 0 radical (unpaired) electrons. The number of imide groups is 1. The molecule has 0 spiro atoms. The molecule has 1 aliphatic carbocycles. The molecule has 3 unspecified atom stereocenters. The zero-order chi connectivity index (χ0) is 35.8. The first-order chi connectivity index (χ1) is 23.7. The number of likely N-dealkylation sites (tertiary alicyclic amines) is 1. The van der Waals surface area contributed by atoms with E-state index in [4.69, 9.17) is 9.16 Å². The standard InChI is InChI=1S/C42H48FNO5Si/c1-28-23-29(17-20-37(28)43)35-24-30(44-38(45)21-22-39(44)46)27-42(5,6)36(35)19-18-31-25-32(26-40(47)48-31)49-50(41(2,3)4,33-13-9-7-10-14-33)34-15-11-8-12-16-34/h7-20,23,30-32H,21-22,24-27H2,1-6H3. The molecule has 3 aromatic carbocycles. The lowest BCUT2D eigenvalue weighted by Gasteiger charge is -2.46. The van der Waals surface area contributed by atoms with Crippen LogP contribution in [0.3, 0.4) is 0 Å². The SMILES string of the molecule is Cc1cc(C2=C(C=CC3CC(O[Si](c4ccccc4)(c4ccccc4)C(C)(C)C)CC(=O)O3)C(C)(C)CC(N3C(=O)CCC3=O)C2)ccc1F. The van der Waals surface area contributed by atoms with E-state index in [2.05, 4.69) is 83.1 Å². The Kier molecular flexibility index (Phi) is 9.90. The Morgan fingerprint density at radius 2 is 1.50 bits per heavy atom. The molecular formula is C42H48FNO5Si. The number of aryl methyl sites for hydroxylation is 1. The van der Waals surface area contributed by atoms with Gasteiger partial charge in [-0.25, -0.2) is 4.39 Å². The third-order valence-electron chi connectivity index (χ3n) is 10.6. The lowest BCUT2D eigenvalue weighted by atomic mass is 9.68. The number of hydrogen-bond donors (Lipinski definition) is 0. The van der Waals surface area contributed by atoms with Crippen molar-refractivity contribution in [2.75, 3.05) is 0 Å². The Morgan fingerprint density at radius 3 is 2.06 bits per heavy atom. The fourth-order valence-electron chi connectivity index (χ4n) is 8.29. The molecule has 0 bridgehead atoms. The fraction of sp³-hybridized carbons (Fsp3) is 0.405. The number of cyclic esters (lactones) is 1. The molecule has 6 rings (SSSR count). The van der Waals surface area contributed by atoms with Gasteiger partial charge in [0, 0.05) is 25.3 Å². The van der Waals surface area contributed by atoms with E-state index in [9.17, 15) is 18.8 Å². The van der Waals surface area contributed by atoms with Crippen molar-refractivity contribution in [2.45, 2.75) is 103 Å². The number of hydrogen-bond acceptors (Lipinski definition) is 5. The maximum absolute atomic E-state index is 14.4. The molecule has 2 saturated heterocycles. The second-order valence-electron chi connectivity index (χ2n) is 15.7. The van der Waals surface area contributed by atoms with E-state index in [1.54, 1.807) is 13.0 Å². The van der Waals surface area contributed by atoms with Gasteiger partial charge >= 0.3 is 5.97 Å². The molecule has 2 fully saturated rings. The van der Waals surface area contributed by atoms with Gasteiger partial charge < -0.3 is 9.16 Å². The van der Waals surface area contributed by atoms with Gasteiger partial charge in [0.2, 0.25) is 11.8 Å². The number of ether oxygens (including phenoxy) is 1. The topological polar surface area (TPSA) is 72.9 Å². The summed E-state index contributed by atoms with van der Waals surface area (Å²) in [6.07, 6.45) is 5.34. The van der Waals surface area contributed by atoms with Crippen LogP contribution in [0.1, 0.15) is 84.3 Å². The molecule has 262 valence electrons. The first-order valence-electron chi connectivity index (χ1n) is 17.7. The van der Waals surface area contributed by atoms with Crippen molar-refractivity contribution in [1.29, 1.82) is 0 Å². The van der Waals surface area contributed by atoms with Gasteiger partial charge in [0.15, 0.2) is 0 Å². The molecular weight excluding hydrogens is 646 g/mol. The number of nitrogens with zero attached hydrogens (tertiary/aromatic N) is 1. The largest absolute Gasteiger partial charge is 0.458 e. The molecule has 0 saturated carbocycles. The summed E-state index contributed by atoms with van der Waals surface area (Å²) >= 11 is 0. The van der Waals surface area contributed by atoms with Crippen LogP contribution in [-0.4, -0.2) is 49.3 Å². The minimum absolute atomic E-state index is 0.134. The van der Waals surface area contributed by atoms with Gasteiger partial charge in [-0.05, 0) is 81.1 Å². The quantitative estimate of drug-likeness (QED) is 0.139. The van der Waals surface area contributed by atoms with Crippen molar-refractivity contribution < 1.29 is 27.9 Å². The molecule has 8 heteroatoms. The summed E-state index contributed by atoms with van der Waals surface area (Å²) in [4.78, 5) is 40.3. The predicted octanol–water partition coefficient (Wildman–Crippen LogP) is 7.43. The molecule has 3 atom stereocenters. The van der Waals surface area contributed by atoms with Gasteiger partial charge in [-0.2, -0.15) is 0 Å². The molecule has 0 aromatic heterocycles. The molecule has 2 aliphatic heterocycles. The molecule has 2 heterocycles. The number of allylic oxidation sites excluding steroid dienone is 2. The summed E-state index contributed by atoms with van der Waals surface area (Å²) in [6, 6.07) is 25.6. The third-order valence-corrected chi connectivity index (χ3v) is 15.7. The van der Waals surface area contributed by atoms with E-state index in [0.717, 1.165) is 27.1 Å². The summed E-state index contributed by atoms with van der Waals surface area (Å²) in [5.41, 5.74) is 2.92. The van der Waals surface area contributed by atoms with Crippen molar-refractivity contribution >= 4 is 42.0 Å². The zero-order valence-electron chi connectivity index (χ0n) is 30.0. The molecule has 3 aromatic rings. The van der Waals surface area contributed by atoms with Crippen LogP contribution < -0.4 is 10.4 Å². The Labute approximate surface area is 296 Å². The summed E-state index contributed by atoms with van der Waals surface area (Å²) in [7, 11) is -2.90. The third kappa shape index (κ3) is 6.92. The second kappa shape index (κ2) is 13.9. The molecule has 3 aliphatic rings. The van der Waals surface area contributed by atoms with Crippen molar-refractivity contribution in [3.05, 3.63) is 114 Å². The first kappa shape index (κ1) is 35.7. The Morgan fingerprint density at radius 1 is 0.900 bits per heavy atom. The summed E-state index contributed by atoms with van der Waals surface area (Å²) < 4.78 is 27.7. The zero-order valence-corrected chi connectivity index (χ0v) is 31.0. The highest BCUT2D eigenvalue weighted by molar-refractivity contribution is 6.99. The summed E-state index contributed by atoms with van der Waals surface area (Å²) in [5.74, 6) is -0.855. The predicted molar refractivity (Wildman–Crippen MR) is 197 cm³/mol. The lowest BCUT2D eigenvalue weighted by Crippen LogP contribution is -2.68. The van der Waals surface area contributed by atoms with Crippen LogP contribution in [0.15, 0.2) is 96.6 Å². The maximum Gasteiger partial charge on any atom is 0.308 e. The molecule has 2 amide bonds. The van der Waals surface area contributed by atoms with Gasteiger partial charge in [-0.1, -0.05) is 107 Å². The Bertz CT molecular complexity index is 1770. The number of amides is 2. The fourth-order valence-corrected chi connectivity index (χ4v) is 13.0. The Balaban J connectivity index is 1.36. The van der Waals surface area contributed by atoms with Crippen molar-refractivity contribution in [3.8, 4) is 0 Å². The smallest absolute Gasteiger partial charge is 0.308 e. The Hall–Kier alpha value is -4.14. The van der Waals surface area contributed by atoms with Gasteiger partial charge in [-0.3, -0.25) is 19.3 Å². The highest BCUT2D eigenvalue weighted by Crippen LogP contribution is 2.47. The van der Waals surface area contributed by atoms with E-state index >= 15 is 0 Å². The van der Waals surface area contributed by atoms with Gasteiger partial charge in [0.1, 0.15) is 11.9 Å². The van der Waals surface area contributed by atoms with Crippen LogP contribution in [0.4, 0.5) is 4.39 Å². The normalized spacial score (nSPS) is 23.1. The number of esters is 1. The van der Waals surface area contributed by atoms with Crippen LogP contribution in [0.25, 0.3) is 5.57 Å². The van der Waals surface area contributed by atoms with Gasteiger partial charge in [0.05, 0.1) is 12.5 Å². The van der Waals surface area contributed by atoms with E-state index < -0.39 is 19.8 Å². The molecule has 6 nitrogen and oxygen atoms in total. The van der Waals surface area contributed by atoms with Crippen LogP contribution in [0, 0.1) is 18.2 Å². The van der Waals surface area contributed by atoms with Crippen LogP contribution >= 0.6 is 0 Å². The number of carbonyl (C=O) groups excluding carboxylic acids is 3. The van der Waals surface area contributed by atoms with Crippen LogP contribution in [0.2, 0.25) is 5.04 Å². The van der Waals surface area contributed by atoms with Crippen LogP contribution in [-0.2, 0) is 23.5 Å². The van der Waals surface area contributed by atoms with E-state index in [1.165, 1.54) is 11.0 Å². The highest BCUT2D eigenvalue weighted by atomic mass is 28.4. The highest BCUT2D eigenvalue weighted by Gasteiger charge is 2.52. The molecule has 50 heavy (non-hydrogen) atoms. The lowest BCUT2D eigenvalue weighted by molar-refractivity contribution is -0.156. The summed E-state index contributed by atoms with van der Waals surface area (Å²) in [6.45, 7) is 12.6. The monoisotopic (exact) mass is 693 g/mol. The number of carbonyl (C=O) groups is 3. The van der Waals surface area contributed by atoms with E-state index in [-0.39, 0.29) is 60.0 Å². The van der Waals surface area contributed by atoms with E-state index in [1.807, 2.05) is 30.4 Å². The first-order valence-corrected chi connectivity index (χ1v) is 19.6. The minimum Gasteiger partial charge on any atom is -0.458 e. The van der Waals surface area contributed by atoms with Crippen molar-refractivity contribution in [1.82, 2.24) is 4.90 Å². The number of rotatable bonds is 8. The summed E-state index contributed by atoms with van der Waals surface area (Å²) in [5, 5.41) is 2.07. The van der Waals surface area contributed by atoms with Crippen molar-refractivity contribution in [3.63, 3.8) is 0 Å². The average molecular weight is 694 g/mol. The van der Waals surface area contributed by atoms with Crippen LogP contribution in [0.5, 0.6) is 0 Å². The number of halogens is 1. The maximum atomic E-state index is 14.4. The van der Waals surface area contributed by atoms with Gasteiger partial charge in [0.25, 0.3) is 8.32 Å². The minimum atomic E-state index is -2.90. The number of benzene rings is 3. The average Bonchev–Trinajstić information content (AvgIpc) is 3.41. The van der Waals surface area contributed by atoms with Gasteiger partial charge in [-0.15, -0.1) is 0 Å². The van der Waals surface area contributed by atoms with E-state index in [0.29, 0.717) is 24.8 Å². The second-order valence-corrected chi connectivity index (χ2v) is 19.9. The molecule has 0 N–H and O–H groups in total. The van der Waals surface area contributed by atoms with Crippen molar-refractivity contribution in [2.24, 2.45) is 5.41 Å².